The fourth-order valence-corrected chi connectivity index (χ4v) is 2.20. The van der Waals surface area contributed by atoms with E-state index in [0.717, 1.165) is 38.5 Å². The molecule has 18 heavy (non-hydrogen) atoms. The number of ether oxygens (including phenoxy) is 1. The lowest BCUT2D eigenvalue weighted by atomic mass is 10.2. The van der Waals surface area contributed by atoms with E-state index in [2.05, 4.69) is 29.0 Å². The number of pyridine rings is 1. The van der Waals surface area contributed by atoms with E-state index in [4.69, 9.17) is 4.74 Å². The highest BCUT2D eigenvalue weighted by Crippen LogP contribution is 2.08. The average molecular weight is 249 g/mol. The summed E-state index contributed by atoms with van der Waals surface area (Å²) in [7, 11) is 0. The summed E-state index contributed by atoms with van der Waals surface area (Å²) in [6, 6.07) is 6.59. The van der Waals surface area contributed by atoms with Crippen molar-refractivity contribution in [1.82, 2.24) is 15.2 Å². The number of aromatic nitrogens is 1. The third-order valence-corrected chi connectivity index (χ3v) is 3.30. The molecule has 4 heteroatoms. The topological polar surface area (TPSA) is 37.4 Å². The van der Waals surface area contributed by atoms with E-state index < -0.39 is 0 Å². The van der Waals surface area contributed by atoms with Crippen molar-refractivity contribution in [2.75, 3.05) is 26.2 Å². The molecule has 4 nitrogen and oxygen atoms in total. The van der Waals surface area contributed by atoms with E-state index in [9.17, 15) is 0 Å². The van der Waals surface area contributed by atoms with Gasteiger partial charge in [0, 0.05) is 38.4 Å². The molecule has 100 valence electrons. The Morgan fingerprint density at radius 2 is 2.39 bits per heavy atom. The maximum absolute atomic E-state index is 5.77. The Morgan fingerprint density at radius 1 is 1.50 bits per heavy atom. The Kier molecular flexibility index (Phi) is 5.11. The van der Waals surface area contributed by atoms with Crippen LogP contribution in [-0.2, 0) is 11.3 Å². The van der Waals surface area contributed by atoms with Crippen molar-refractivity contribution < 1.29 is 4.74 Å². The van der Waals surface area contributed by atoms with Gasteiger partial charge in [0.15, 0.2) is 0 Å². The molecular weight excluding hydrogens is 226 g/mol. The third kappa shape index (κ3) is 4.05. The molecule has 0 aromatic carbocycles. The van der Waals surface area contributed by atoms with Crippen LogP contribution in [0.5, 0.6) is 0 Å². The first-order chi connectivity index (χ1) is 8.75. The van der Waals surface area contributed by atoms with Crippen LogP contribution in [0.2, 0.25) is 0 Å². The van der Waals surface area contributed by atoms with Crippen molar-refractivity contribution in [2.45, 2.75) is 32.5 Å². The van der Waals surface area contributed by atoms with Crippen LogP contribution in [0.25, 0.3) is 0 Å². The second-order valence-corrected chi connectivity index (χ2v) is 5.03. The van der Waals surface area contributed by atoms with Gasteiger partial charge < -0.3 is 10.1 Å². The van der Waals surface area contributed by atoms with Gasteiger partial charge in [0.1, 0.15) is 0 Å². The molecule has 1 aliphatic rings. The molecular formula is C14H23N3O. The molecule has 1 aliphatic heterocycles. The highest BCUT2D eigenvalue weighted by molar-refractivity contribution is 5.02. The number of morpholine rings is 1. The zero-order valence-corrected chi connectivity index (χ0v) is 11.3. The lowest BCUT2D eigenvalue weighted by Gasteiger charge is -2.35. The summed E-state index contributed by atoms with van der Waals surface area (Å²) in [6.45, 7) is 9.09. The van der Waals surface area contributed by atoms with Gasteiger partial charge in [0.25, 0.3) is 0 Å². The first-order valence-corrected chi connectivity index (χ1v) is 6.72. The number of rotatable bonds is 5. The van der Waals surface area contributed by atoms with E-state index >= 15 is 0 Å². The van der Waals surface area contributed by atoms with E-state index in [-0.39, 0.29) is 0 Å². The fraction of sp³-hybridized carbons (Fsp3) is 0.643. The van der Waals surface area contributed by atoms with Gasteiger partial charge in [-0.1, -0.05) is 6.07 Å². The maximum Gasteiger partial charge on any atom is 0.0826 e. The Balaban J connectivity index is 1.70. The molecule has 1 aromatic rings. The second-order valence-electron chi connectivity index (χ2n) is 5.03. The molecule has 0 amide bonds. The standard InChI is InChI=1S/C14H23N3O/c1-12(2)17-7-8-18-14(11-17)10-15-9-13-5-3-4-6-16-13/h3-6,12,14-15H,7-11H2,1-2H3. The fourth-order valence-electron chi connectivity index (χ4n) is 2.20. The molecule has 0 spiro atoms. The number of nitrogens with zero attached hydrogens (tertiary/aromatic N) is 2. The number of hydrogen-bond acceptors (Lipinski definition) is 4. The zero-order chi connectivity index (χ0) is 12.8. The lowest BCUT2D eigenvalue weighted by Crippen LogP contribution is -2.49. The van der Waals surface area contributed by atoms with Crippen LogP contribution in [-0.4, -0.2) is 48.3 Å². The highest BCUT2D eigenvalue weighted by atomic mass is 16.5. The van der Waals surface area contributed by atoms with Gasteiger partial charge in [-0.25, -0.2) is 0 Å². The van der Waals surface area contributed by atoms with E-state index in [1.165, 1.54) is 0 Å². The van der Waals surface area contributed by atoms with E-state index in [1.54, 1.807) is 0 Å². The quantitative estimate of drug-likeness (QED) is 0.853. The van der Waals surface area contributed by atoms with E-state index in [1.807, 2.05) is 24.4 Å². The van der Waals surface area contributed by atoms with Crippen molar-refractivity contribution >= 4 is 0 Å². The van der Waals surface area contributed by atoms with Gasteiger partial charge in [0.05, 0.1) is 18.4 Å². The molecule has 0 aliphatic carbocycles. The second kappa shape index (κ2) is 6.83. The summed E-state index contributed by atoms with van der Waals surface area (Å²) in [4.78, 5) is 6.76. The minimum absolute atomic E-state index is 0.296. The van der Waals surface area contributed by atoms with E-state index in [0.29, 0.717) is 12.1 Å². The monoisotopic (exact) mass is 249 g/mol. The molecule has 0 saturated carbocycles. The van der Waals surface area contributed by atoms with Crippen LogP contribution in [0.15, 0.2) is 24.4 Å². The third-order valence-electron chi connectivity index (χ3n) is 3.30. The number of nitrogens with one attached hydrogen (secondary N) is 1. The maximum atomic E-state index is 5.77. The van der Waals surface area contributed by atoms with Gasteiger partial charge in [-0.2, -0.15) is 0 Å². The Labute approximate surface area is 109 Å². The highest BCUT2D eigenvalue weighted by Gasteiger charge is 2.21. The molecule has 1 unspecified atom stereocenters. The summed E-state index contributed by atoms with van der Waals surface area (Å²) in [5.74, 6) is 0. The van der Waals surface area contributed by atoms with Crippen LogP contribution in [0.3, 0.4) is 0 Å². The van der Waals surface area contributed by atoms with Gasteiger partial charge in [0.2, 0.25) is 0 Å². The molecule has 2 heterocycles. The molecule has 0 radical (unpaired) electrons. The van der Waals surface area contributed by atoms with Crippen LogP contribution in [0.4, 0.5) is 0 Å². The minimum Gasteiger partial charge on any atom is -0.374 e. The van der Waals surface area contributed by atoms with Crippen LogP contribution in [0, 0.1) is 0 Å². The minimum atomic E-state index is 0.296. The predicted octanol–water partition coefficient (Wildman–Crippen LogP) is 1.28. The van der Waals surface area contributed by atoms with Crippen LogP contribution >= 0.6 is 0 Å². The SMILES string of the molecule is CC(C)N1CCOC(CNCc2ccccn2)C1. The molecule has 1 atom stereocenters. The van der Waals surface area contributed by atoms with Crippen molar-refractivity contribution in [3.05, 3.63) is 30.1 Å². The first-order valence-electron chi connectivity index (χ1n) is 6.72. The molecule has 1 fully saturated rings. The lowest BCUT2D eigenvalue weighted by molar-refractivity contribution is -0.0372. The Bertz CT molecular complexity index is 342. The largest absolute Gasteiger partial charge is 0.374 e. The van der Waals surface area contributed by atoms with Crippen molar-refractivity contribution in [1.29, 1.82) is 0 Å². The normalized spacial score (nSPS) is 21.4. The van der Waals surface area contributed by atoms with Crippen molar-refractivity contribution in [2.24, 2.45) is 0 Å². The smallest absolute Gasteiger partial charge is 0.0826 e. The predicted molar refractivity (Wildman–Crippen MR) is 72.4 cm³/mol. The summed E-state index contributed by atoms with van der Waals surface area (Å²) in [5.41, 5.74) is 1.08. The summed E-state index contributed by atoms with van der Waals surface area (Å²) >= 11 is 0. The van der Waals surface area contributed by atoms with Gasteiger partial charge in [-0.15, -0.1) is 0 Å². The zero-order valence-electron chi connectivity index (χ0n) is 11.3. The summed E-state index contributed by atoms with van der Waals surface area (Å²) < 4.78 is 5.77. The molecule has 1 aromatic heterocycles. The molecule has 2 rings (SSSR count). The molecule has 0 bridgehead atoms. The summed E-state index contributed by atoms with van der Waals surface area (Å²) in [6.07, 6.45) is 2.12. The van der Waals surface area contributed by atoms with Crippen LogP contribution in [0.1, 0.15) is 19.5 Å². The van der Waals surface area contributed by atoms with Gasteiger partial charge in [-0.3, -0.25) is 9.88 Å². The summed E-state index contributed by atoms with van der Waals surface area (Å²) in [5, 5.41) is 3.42. The first kappa shape index (κ1) is 13.5. The number of hydrogen-bond donors (Lipinski definition) is 1. The van der Waals surface area contributed by atoms with Gasteiger partial charge in [-0.05, 0) is 26.0 Å². The van der Waals surface area contributed by atoms with Gasteiger partial charge >= 0.3 is 0 Å². The van der Waals surface area contributed by atoms with Crippen LogP contribution < -0.4 is 5.32 Å². The Morgan fingerprint density at radius 3 is 3.11 bits per heavy atom. The average Bonchev–Trinajstić information content (AvgIpc) is 2.40. The van der Waals surface area contributed by atoms with Crippen molar-refractivity contribution in [3.8, 4) is 0 Å². The Hall–Kier alpha value is -0.970. The molecule has 1 saturated heterocycles. The molecule has 1 N–H and O–H groups in total. The van der Waals surface area contributed by atoms with Crippen molar-refractivity contribution in [3.63, 3.8) is 0 Å².